The van der Waals surface area contributed by atoms with Crippen LogP contribution in [0.25, 0.3) is 0 Å². The quantitative estimate of drug-likeness (QED) is 0.638. The average molecular weight is 332 g/mol. The van der Waals surface area contributed by atoms with Crippen LogP contribution >= 0.6 is 0 Å². The summed E-state index contributed by atoms with van der Waals surface area (Å²) >= 11 is 0. The van der Waals surface area contributed by atoms with Gasteiger partial charge in [-0.25, -0.2) is 4.39 Å². The highest BCUT2D eigenvalue weighted by atomic mass is 19.1. The summed E-state index contributed by atoms with van der Waals surface area (Å²) in [4.78, 5) is 0. The van der Waals surface area contributed by atoms with Crippen LogP contribution in [0.2, 0.25) is 0 Å². The van der Waals surface area contributed by atoms with Crippen LogP contribution in [-0.4, -0.2) is 6.54 Å². The topological polar surface area (TPSA) is 15.7 Å². The molecule has 0 saturated heterocycles. The standard InChI is InChI=1S/C21H17FN2O/c22-17-7-9-18(10-8-17)23-15-4-16-24(23)19-11-13-21(14-12-19)25-20-5-2-1-3-6-20/h1-15H,16H2. The molecule has 25 heavy (non-hydrogen) atoms. The lowest BCUT2D eigenvalue weighted by Gasteiger charge is -2.31. The molecule has 3 aromatic carbocycles. The van der Waals surface area contributed by atoms with Crippen LogP contribution in [0.1, 0.15) is 0 Å². The minimum Gasteiger partial charge on any atom is -0.457 e. The molecule has 0 radical (unpaired) electrons. The Bertz CT molecular complexity index is 861. The molecule has 0 saturated carbocycles. The summed E-state index contributed by atoms with van der Waals surface area (Å²) in [6.45, 7) is 0.760. The molecule has 0 amide bonds. The maximum absolute atomic E-state index is 13.2. The van der Waals surface area contributed by atoms with Crippen LogP contribution in [0, 0.1) is 5.82 Å². The monoisotopic (exact) mass is 332 g/mol. The van der Waals surface area contributed by atoms with Crippen molar-refractivity contribution < 1.29 is 9.13 Å². The van der Waals surface area contributed by atoms with E-state index in [2.05, 4.69) is 11.1 Å². The summed E-state index contributed by atoms with van der Waals surface area (Å²) in [6.07, 6.45) is 4.05. The summed E-state index contributed by atoms with van der Waals surface area (Å²) in [7, 11) is 0. The molecular formula is C21H17FN2O. The fourth-order valence-electron chi connectivity index (χ4n) is 2.78. The Labute approximate surface area is 146 Å². The maximum Gasteiger partial charge on any atom is 0.127 e. The Morgan fingerprint density at radius 2 is 1.36 bits per heavy atom. The smallest absolute Gasteiger partial charge is 0.127 e. The molecule has 4 rings (SSSR count). The largest absolute Gasteiger partial charge is 0.457 e. The molecule has 0 N–H and O–H groups in total. The van der Waals surface area contributed by atoms with Crippen molar-refractivity contribution in [1.82, 2.24) is 0 Å². The number of halogens is 1. The molecule has 0 aliphatic carbocycles. The SMILES string of the molecule is Fc1ccc(N2C=CCN2c2ccc(Oc3ccccc3)cc2)cc1. The van der Waals surface area contributed by atoms with Crippen molar-refractivity contribution in [3.63, 3.8) is 0 Å². The lowest BCUT2D eigenvalue weighted by Crippen LogP contribution is -2.35. The van der Waals surface area contributed by atoms with Gasteiger partial charge in [0, 0.05) is 6.20 Å². The van der Waals surface area contributed by atoms with E-state index < -0.39 is 0 Å². The molecule has 1 aliphatic rings. The molecule has 0 aromatic heterocycles. The molecule has 4 heteroatoms. The van der Waals surface area contributed by atoms with Crippen molar-refractivity contribution in [2.24, 2.45) is 0 Å². The van der Waals surface area contributed by atoms with Gasteiger partial charge in [-0.2, -0.15) is 0 Å². The number of benzene rings is 3. The highest BCUT2D eigenvalue weighted by Crippen LogP contribution is 2.29. The van der Waals surface area contributed by atoms with Gasteiger partial charge in [0.2, 0.25) is 0 Å². The molecule has 0 spiro atoms. The molecule has 0 atom stereocenters. The highest BCUT2D eigenvalue weighted by Gasteiger charge is 2.18. The first kappa shape index (κ1) is 15.3. The molecular weight excluding hydrogens is 315 g/mol. The first-order valence-corrected chi connectivity index (χ1v) is 8.11. The minimum absolute atomic E-state index is 0.235. The molecule has 3 nitrogen and oxygen atoms in total. The number of nitrogens with zero attached hydrogens (tertiary/aromatic N) is 2. The third-order valence-electron chi connectivity index (χ3n) is 3.99. The molecule has 1 aliphatic heterocycles. The van der Waals surface area contributed by atoms with Crippen LogP contribution in [0.15, 0.2) is 91.1 Å². The van der Waals surface area contributed by atoms with E-state index in [9.17, 15) is 4.39 Å². The lowest BCUT2D eigenvalue weighted by atomic mass is 10.2. The number of hydrogen-bond acceptors (Lipinski definition) is 3. The van der Waals surface area contributed by atoms with Crippen LogP contribution in [0.3, 0.4) is 0 Å². The van der Waals surface area contributed by atoms with Crippen molar-refractivity contribution >= 4 is 11.4 Å². The van der Waals surface area contributed by atoms with Gasteiger partial charge in [0.15, 0.2) is 0 Å². The molecule has 3 aromatic rings. The zero-order chi connectivity index (χ0) is 17.1. The Morgan fingerprint density at radius 3 is 2.08 bits per heavy atom. The first-order valence-electron chi connectivity index (χ1n) is 8.11. The van der Waals surface area contributed by atoms with Gasteiger partial charge in [0.05, 0.1) is 17.9 Å². The molecule has 0 bridgehead atoms. The third-order valence-corrected chi connectivity index (χ3v) is 3.99. The van der Waals surface area contributed by atoms with Gasteiger partial charge in [-0.3, -0.25) is 10.0 Å². The van der Waals surface area contributed by atoms with E-state index in [1.54, 1.807) is 12.1 Å². The second-order valence-electron chi connectivity index (χ2n) is 5.70. The van der Waals surface area contributed by atoms with Crippen LogP contribution in [-0.2, 0) is 0 Å². The van der Waals surface area contributed by atoms with Crippen molar-refractivity contribution in [2.75, 3.05) is 16.6 Å². The zero-order valence-electron chi connectivity index (χ0n) is 13.5. The first-order chi connectivity index (χ1) is 12.3. The number of hydrogen-bond donors (Lipinski definition) is 0. The van der Waals surface area contributed by atoms with E-state index in [0.29, 0.717) is 0 Å². The Morgan fingerprint density at radius 1 is 0.720 bits per heavy atom. The van der Waals surface area contributed by atoms with Gasteiger partial charge in [-0.15, -0.1) is 0 Å². The van der Waals surface area contributed by atoms with Crippen LogP contribution in [0.4, 0.5) is 15.8 Å². The second kappa shape index (κ2) is 6.69. The van der Waals surface area contributed by atoms with Crippen molar-refractivity contribution in [2.45, 2.75) is 0 Å². The van der Waals surface area contributed by atoms with E-state index in [-0.39, 0.29) is 5.82 Å². The molecule has 0 unspecified atom stereocenters. The van der Waals surface area contributed by atoms with Crippen molar-refractivity contribution in [3.8, 4) is 11.5 Å². The van der Waals surface area contributed by atoms with Crippen molar-refractivity contribution in [1.29, 1.82) is 0 Å². The fraction of sp³-hybridized carbons (Fsp3) is 0.0476. The second-order valence-corrected chi connectivity index (χ2v) is 5.70. The predicted molar refractivity (Wildman–Crippen MR) is 98.3 cm³/mol. The number of anilines is 2. The van der Waals surface area contributed by atoms with Crippen LogP contribution in [0.5, 0.6) is 11.5 Å². The molecule has 124 valence electrons. The molecule has 0 fully saturated rings. The summed E-state index contributed by atoms with van der Waals surface area (Å²) in [6, 6.07) is 24.1. The maximum atomic E-state index is 13.2. The van der Waals surface area contributed by atoms with E-state index >= 15 is 0 Å². The Kier molecular flexibility index (Phi) is 4.09. The Balaban J connectivity index is 1.52. The summed E-state index contributed by atoms with van der Waals surface area (Å²) in [5.41, 5.74) is 1.95. The number of rotatable bonds is 4. The summed E-state index contributed by atoms with van der Waals surface area (Å²) in [5.74, 6) is 1.36. The number of ether oxygens (including phenoxy) is 1. The summed E-state index contributed by atoms with van der Waals surface area (Å²) < 4.78 is 19.0. The zero-order valence-corrected chi connectivity index (χ0v) is 13.5. The number of para-hydroxylation sites is 1. The normalized spacial score (nSPS) is 13.3. The fourth-order valence-corrected chi connectivity index (χ4v) is 2.78. The van der Waals surface area contributed by atoms with Gasteiger partial charge in [0.1, 0.15) is 17.3 Å². The van der Waals surface area contributed by atoms with Crippen molar-refractivity contribution in [3.05, 3.63) is 97.0 Å². The third kappa shape index (κ3) is 3.33. The summed E-state index contributed by atoms with van der Waals surface area (Å²) in [5, 5.41) is 4.12. The van der Waals surface area contributed by atoms with Gasteiger partial charge >= 0.3 is 0 Å². The lowest BCUT2D eigenvalue weighted by molar-refractivity contribution is 0.482. The minimum atomic E-state index is -0.235. The van der Waals surface area contributed by atoms with Gasteiger partial charge in [-0.05, 0) is 66.7 Å². The van der Waals surface area contributed by atoms with E-state index in [0.717, 1.165) is 29.4 Å². The Hall–Kier alpha value is -3.27. The van der Waals surface area contributed by atoms with Gasteiger partial charge < -0.3 is 4.74 Å². The van der Waals surface area contributed by atoms with E-state index in [1.807, 2.05) is 65.8 Å². The van der Waals surface area contributed by atoms with E-state index in [4.69, 9.17) is 4.74 Å². The number of hydrazine groups is 1. The van der Waals surface area contributed by atoms with E-state index in [1.165, 1.54) is 12.1 Å². The van der Waals surface area contributed by atoms with Gasteiger partial charge in [-0.1, -0.05) is 18.2 Å². The average Bonchev–Trinajstić information content (AvgIpc) is 3.14. The molecule has 1 heterocycles. The highest BCUT2D eigenvalue weighted by molar-refractivity contribution is 5.63. The predicted octanol–water partition coefficient (Wildman–Crippen LogP) is 5.37. The van der Waals surface area contributed by atoms with Crippen LogP contribution < -0.4 is 14.8 Å². The van der Waals surface area contributed by atoms with Gasteiger partial charge in [0.25, 0.3) is 0 Å².